The summed E-state index contributed by atoms with van der Waals surface area (Å²) in [6, 6.07) is 8.09. The highest BCUT2D eigenvalue weighted by Gasteiger charge is 2.44. The minimum absolute atomic E-state index is 0.0691. The molecule has 120 valence electrons. The third-order valence-electron chi connectivity index (χ3n) is 2.96. The van der Waals surface area contributed by atoms with Crippen molar-refractivity contribution < 1.29 is 13.3 Å². The van der Waals surface area contributed by atoms with Crippen molar-refractivity contribution in [3.63, 3.8) is 0 Å². The zero-order valence-corrected chi connectivity index (χ0v) is 14.5. The van der Waals surface area contributed by atoms with Gasteiger partial charge in [-0.2, -0.15) is 0 Å². The Morgan fingerprint density at radius 3 is 2.05 bits per heavy atom. The summed E-state index contributed by atoms with van der Waals surface area (Å²) in [7, 11) is -2.87. The smallest absolute Gasteiger partial charge is 0.370 e. The fraction of sp³-hybridized carbons (Fsp3) is 0.600. The van der Waals surface area contributed by atoms with Gasteiger partial charge in [0.15, 0.2) is 0 Å². The number of hydrogen-bond donors (Lipinski definition) is 2. The topological polar surface area (TPSA) is 65.7 Å². The second kappa shape index (κ2) is 9.29. The molecule has 0 spiro atoms. The first-order valence-electron chi connectivity index (χ1n) is 7.58. The largest absolute Gasteiger partial charge is 0.537 e. The van der Waals surface area contributed by atoms with E-state index in [-0.39, 0.29) is 6.17 Å². The Hall–Kier alpha value is -0.763. The Kier molecular flexibility index (Phi) is 8.09. The fourth-order valence-electron chi connectivity index (χ4n) is 2.17. The molecule has 0 aliphatic rings. The Labute approximate surface area is 129 Å². The molecule has 1 rings (SSSR count). The molecule has 1 aromatic carbocycles. The van der Waals surface area contributed by atoms with Crippen LogP contribution in [0.4, 0.5) is 0 Å². The Bertz CT molecular complexity index is 399. The van der Waals surface area contributed by atoms with E-state index in [1.807, 2.05) is 45.9 Å². The zero-order chi connectivity index (χ0) is 15.7. The molecular formula is C15H28N2O3Si. The molecule has 0 fully saturated rings. The molecule has 5 nitrogen and oxygen atoms in total. The molecule has 0 aliphatic carbocycles. The van der Waals surface area contributed by atoms with Crippen LogP contribution >= 0.6 is 0 Å². The highest BCUT2D eigenvalue weighted by molar-refractivity contribution is 6.75. The van der Waals surface area contributed by atoms with E-state index < -0.39 is 8.80 Å². The number of nitrogens with one attached hydrogen (secondary N) is 1. The summed E-state index contributed by atoms with van der Waals surface area (Å²) >= 11 is 0. The van der Waals surface area contributed by atoms with E-state index >= 15 is 0 Å². The molecule has 21 heavy (non-hydrogen) atoms. The van der Waals surface area contributed by atoms with Crippen LogP contribution in [0.25, 0.3) is 0 Å². The Balaban J connectivity index is 3.15. The van der Waals surface area contributed by atoms with Gasteiger partial charge in [-0.1, -0.05) is 24.3 Å². The lowest BCUT2D eigenvalue weighted by molar-refractivity contribution is 0.0857. The fourth-order valence-corrected chi connectivity index (χ4v) is 4.89. The van der Waals surface area contributed by atoms with Crippen LogP contribution < -0.4 is 16.2 Å². The molecule has 0 radical (unpaired) electrons. The summed E-state index contributed by atoms with van der Waals surface area (Å²) < 4.78 is 17.9. The molecule has 0 saturated carbocycles. The van der Waals surface area contributed by atoms with E-state index in [1.54, 1.807) is 0 Å². The van der Waals surface area contributed by atoms with Crippen LogP contribution in [0.5, 0.6) is 0 Å². The third-order valence-corrected chi connectivity index (χ3v) is 6.12. The molecule has 0 bridgehead atoms. The average Bonchev–Trinajstić information content (AvgIpc) is 2.46. The maximum atomic E-state index is 5.98. The first kappa shape index (κ1) is 18.3. The first-order valence-corrected chi connectivity index (χ1v) is 9.31. The molecule has 0 amide bonds. The number of benzene rings is 1. The number of nitrogens with two attached hydrogens (primary N) is 1. The summed E-state index contributed by atoms with van der Waals surface area (Å²) in [5, 5.41) is 4.25. The number of hydrogen-bond acceptors (Lipinski definition) is 5. The van der Waals surface area contributed by atoms with Gasteiger partial charge >= 0.3 is 8.80 Å². The lowest BCUT2D eigenvalue weighted by Gasteiger charge is -2.30. The second-order valence-electron chi connectivity index (χ2n) is 4.68. The molecule has 0 saturated heterocycles. The maximum absolute atomic E-state index is 5.98. The van der Waals surface area contributed by atoms with Crippen LogP contribution in [0.15, 0.2) is 24.3 Å². The molecule has 0 aliphatic heterocycles. The lowest BCUT2D eigenvalue weighted by Crippen LogP contribution is -2.58. The monoisotopic (exact) mass is 312 g/mol. The van der Waals surface area contributed by atoms with E-state index in [0.29, 0.717) is 26.4 Å². The van der Waals surface area contributed by atoms with Gasteiger partial charge in [0.1, 0.15) is 0 Å². The van der Waals surface area contributed by atoms with Crippen molar-refractivity contribution in [3.05, 3.63) is 29.8 Å². The second-order valence-corrected chi connectivity index (χ2v) is 7.20. The summed E-state index contributed by atoms with van der Waals surface area (Å²) in [5.74, 6) is 0. The predicted octanol–water partition coefficient (Wildman–Crippen LogP) is 1.34. The van der Waals surface area contributed by atoms with Crippen molar-refractivity contribution in [1.82, 2.24) is 5.32 Å². The van der Waals surface area contributed by atoms with Gasteiger partial charge in [-0.05, 0) is 33.3 Å². The standard InChI is InChI=1S/C15H28N2O3Si/c1-5-18-21(19-6-2,20-7-3)15-11-9-8-10-14(15)12-17-13(4)16/h8-11,13,17H,5-7,12,16H2,1-4H3. The molecule has 0 heterocycles. The average molecular weight is 312 g/mol. The maximum Gasteiger partial charge on any atom is 0.537 e. The van der Waals surface area contributed by atoms with Crippen molar-refractivity contribution in [2.24, 2.45) is 5.73 Å². The Morgan fingerprint density at radius 1 is 1.05 bits per heavy atom. The summed E-state index contributed by atoms with van der Waals surface area (Å²) in [6.07, 6.45) is -0.0691. The van der Waals surface area contributed by atoms with Gasteiger partial charge in [0.05, 0.1) is 6.17 Å². The molecule has 1 atom stereocenters. The quantitative estimate of drug-likeness (QED) is 0.504. The minimum Gasteiger partial charge on any atom is -0.370 e. The lowest BCUT2D eigenvalue weighted by atomic mass is 10.2. The van der Waals surface area contributed by atoms with Gasteiger partial charge < -0.3 is 19.0 Å². The van der Waals surface area contributed by atoms with Crippen LogP contribution in [0, 0.1) is 0 Å². The SMILES string of the molecule is CCO[Si](OCC)(OCC)c1ccccc1CNC(C)N. The van der Waals surface area contributed by atoms with Gasteiger partial charge in [-0.25, -0.2) is 0 Å². The minimum atomic E-state index is -2.87. The highest BCUT2D eigenvalue weighted by Crippen LogP contribution is 2.14. The van der Waals surface area contributed by atoms with E-state index in [1.165, 1.54) is 0 Å². The predicted molar refractivity (Wildman–Crippen MR) is 87.2 cm³/mol. The number of rotatable bonds is 10. The van der Waals surface area contributed by atoms with Crippen LogP contribution in [-0.4, -0.2) is 34.8 Å². The summed E-state index contributed by atoms with van der Waals surface area (Å²) in [6.45, 7) is 10.1. The van der Waals surface area contributed by atoms with Crippen LogP contribution in [0.2, 0.25) is 0 Å². The van der Waals surface area contributed by atoms with Gasteiger partial charge in [0.25, 0.3) is 0 Å². The van der Waals surface area contributed by atoms with E-state index in [2.05, 4.69) is 11.4 Å². The molecule has 0 aromatic heterocycles. The molecule has 3 N–H and O–H groups in total. The molecule has 1 aromatic rings. The molecular weight excluding hydrogens is 284 g/mol. The van der Waals surface area contributed by atoms with Crippen LogP contribution in [0.1, 0.15) is 33.3 Å². The van der Waals surface area contributed by atoms with E-state index in [0.717, 1.165) is 10.8 Å². The van der Waals surface area contributed by atoms with Crippen molar-refractivity contribution in [1.29, 1.82) is 0 Å². The van der Waals surface area contributed by atoms with Crippen LogP contribution in [0.3, 0.4) is 0 Å². The van der Waals surface area contributed by atoms with Gasteiger partial charge in [0, 0.05) is 31.6 Å². The van der Waals surface area contributed by atoms with Gasteiger partial charge in [-0.15, -0.1) is 0 Å². The first-order chi connectivity index (χ1) is 10.1. The Morgan fingerprint density at radius 2 is 1.57 bits per heavy atom. The van der Waals surface area contributed by atoms with E-state index in [9.17, 15) is 0 Å². The van der Waals surface area contributed by atoms with Crippen molar-refractivity contribution in [3.8, 4) is 0 Å². The summed E-state index contributed by atoms with van der Waals surface area (Å²) in [5.41, 5.74) is 6.89. The van der Waals surface area contributed by atoms with Gasteiger partial charge in [-0.3, -0.25) is 5.32 Å². The molecule has 1 unspecified atom stereocenters. The normalized spacial score (nSPS) is 13.4. The third kappa shape index (κ3) is 5.17. The molecule has 6 heteroatoms. The van der Waals surface area contributed by atoms with E-state index in [4.69, 9.17) is 19.0 Å². The van der Waals surface area contributed by atoms with Crippen molar-refractivity contribution >= 4 is 14.0 Å². The highest BCUT2D eigenvalue weighted by atomic mass is 28.4. The van der Waals surface area contributed by atoms with Crippen molar-refractivity contribution in [2.75, 3.05) is 19.8 Å². The zero-order valence-electron chi connectivity index (χ0n) is 13.5. The van der Waals surface area contributed by atoms with Crippen molar-refractivity contribution in [2.45, 2.75) is 40.4 Å². The summed E-state index contributed by atoms with van der Waals surface area (Å²) in [4.78, 5) is 0. The van der Waals surface area contributed by atoms with Gasteiger partial charge in [0.2, 0.25) is 0 Å². The van der Waals surface area contributed by atoms with Crippen LogP contribution in [-0.2, 0) is 19.8 Å².